The summed E-state index contributed by atoms with van der Waals surface area (Å²) in [7, 11) is 3.17. The molecule has 0 spiro atoms. The minimum absolute atomic E-state index is 0.00907. The maximum absolute atomic E-state index is 12.2. The summed E-state index contributed by atoms with van der Waals surface area (Å²) in [4.78, 5) is 24.4. The van der Waals surface area contributed by atoms with Gasteiger partial charge in [-0.3, -0.25) is 9.59 Å². The van der Waals surface area contributed by atoms with Gasteiger partial charge < -0.3 is 20.1 Å². The number of hydrogen-bond donors (Lipinski definition) is 2. The highest BCUT2D eigenvalue weighted by molar-refractivity contribution is 5.94. The molecule has 0 saturated carbocycles. The Balaban J connectivity index is 2.15. The molecule has 2 rings (SSSR count). The molecule has 6 nitrogen and oxygen atoms in total. The lowest BCUT2D eigenvalue weighted by atomic mass is 10.0. The molecule has 0 aliphatic heterocycles. The van der Waals surface area contributed by atoms with Crippen molar-refractivity contribution in [3.05, 3.63) is 36.4 Å². The molecule has 0 atom stereocenters. The first kappa shape index (κ1) is 25.2. The van der Waals surface area contributed by atoms with Gasteiger partial charge in [-0.2, -0.15) is 0 Å². The molecule has 32 heavy (non-hydrogen) atoms. The van der Waals surface area contributed by atoms with Gasteiger partial charge in [0.15, 0.2) is 0 Å². The molecule has 2 N–H and O–H groups in total. The van der Waals surface area contributed by atoms with Crippen LogP contribution in [0.4, 0.5) is 11.4 Å². The van der Waals surface area contributed by atoms with Crippen molar-refractivity contribution in [1.29, 1.82) is 0 Å². The van der Waals surface area contributed by atoms with Crippen LogP contribution in [-0.2, 0) is 9.59 Å². The van der Waals surface area contributed by atoms with Crippen LogP contribution >= 0.6 is 0 Å². The molecule has 0 aliphatic carbocycles. The van der Waals surface area contributed by atoms with Gasteiger partial charge in [0.25, 0.3) is 0 Å². The molecule has 6 heteroatoms. The predicted molar refractivity (Wildman–Crippen MR) is 131 cm³/mol. The SMILES string of the molecule is CCCCCC(=O)Nc1ccc(-c2ccc(NC(=O)CCCCC)c(OC)c2)cc1OC. The maximum Gasteiger partial charge on any atom is 0.224 e. The van der Waals surface area contributed by atoms with Gasteiger partial charge in [0.2, 0.25) is 11.8 Å². The summed E-state index contributed by atoms with van der Waals surface area (Å²) in [5, 5.41) is 5.87. The second-order valence-electron chi connectivity index (χ2n) is 7.84. The first-order valence-corrected chi connectivity index (χ1v) is 11.5. The van der Waals surface area contributed by atoms with Crippen LogP contribution in [0.15, 0.2) is 36.4 Å². The molecule has 0 aliphatic rings. The van der Waals surface area contributed by atoms with E-state index in [4.69, 9.17) is 9.47 Å². The second-order valence-corrected chi connectivity index (χ2v) is 7.84. The first-order valence-electron chi connectivity index (χ1n) is 11.5. The zero-order valence-corrected chi connectivity index (χ0v) is 19.8. The molecule has 2 aromatic rings. The fraction of sp³-hybridized carbons (Fsp3) is 0.462. The lowest BCUT2D eigenvalue weighted by molar-refractivity contribution is -0.117. The van der Waals surface area contributed by atoms with E-state index in [-0.39, 0.29) is 11.8 Å². The van der Waals surface area contributed by atoms with Gasteiger partial charge in [-0.1, -0.05) is 51.7 Å². The highest BCUT2D eigenvalue weighted by atomic mass is 16.5. The molecule has 0 radical (unpaired) electrons. The highest BCUT2D eigenvalue weighted by Crippen LogP contribution is 2.35. The third-order valence-electron chi connectivity index (χ3n) is 5.30. The Morgan fingerprint density at radius 1 is 0.688 bits per heavy atom. The third-order valence-corrected chi connectivity index (χ3v) is 5.30. The summed E-state index contributed by atoms with van der Waals surface area (Å²) in [6.07, 6.45) is 7.00. The summed E-state index contributed by atoms with van der Waals surface area (Å²) in [6, 6.07) is 11.3. The average molecular weight is 441 g/mol. The molecule has 174 valence electrons. The fourth-order valence-corrected chi connectivity index (χ4v) is 3.44. The number of carbonyl (C=O) groups is 2. The zero-order valence-electron chi connectivity index (χ0n) is 19.8. The number of anilines is 2. The quantitative estimate of drug-likeness (QED) is 0.353. The van der Waals surface area contributed by atoms with Gasteiger partial charge in [-0.15, -0.1) is 0 Å². The van der Waals surface area contributed by atoms with Crippen LogP contribution in [0.25, 0.3) is 11.1 Å². The van der Waals surface area contributed by atoms with Crippen LogP contribution < -0.4 is 20.1 Å². The topological polar surface area (TPSA) is 76.7 Å². The van der Waals surface area contributed by atoms with Gasteiger partial charge in [0.1, 0.15) is 11.5 Å². The smallest absolute Gasteiger partial charge is 0.224 e. The van der Waals surface area contributed by atoms with Crippen LogP contribution in [0.3, 0.4) is 0 Å². The first-order chi connectivity index (χ1) is 15.5. The number of ether oxygens (including phenoxy) is 2. The highest BCUT2D eigenvalue weighted by Gasteiger charge is 2.12. The van der Waals surface area contributed by atoms with E-state index in [2.05, 4.69) is 24.5 Å². The minimum atomic E-state index is -0.00907. The Morgan fingerprint density at radius 2 is 1.09 bits per heavy atom. The molecule has 2 amide bonds. The van der Waals surface area contributed by atoms with Gasteiger partial charge in [0.05, 0.1) is 25.6 Å². The van der Waals surface area contributed by atoms with Crippen LogP contribution in [0.1, 0.15) is 65.2 Å². The van der Waals surface area contributed by atoms with Gasteiger partial charge in [0, 0.05) is 12.8 Å². The number of methoxy groups -OCH3 is 2. The molecule has 0 fully saturated rings. The Hall–Kier alpha value is -3.02. The molecule has 0 aromatic heterocycles. The minimum Gasteiger partial charge on any atom is -0.495 e. The summed E-state index contributed by atoms with van der Waals surface area (Å²) < 4.78 is 11.0. The number of carbonyl (C=O) groups excluding carboxylic acids is 2. The van der Waals surface area contributed by atoms with Gasteiger partial charge in [-0.05, 0) is 48.2 Å². The number of amides is 2. The van der Waals surface area contributed by atoms with E-state index < -0.39 is 0 Å². The number of benzene rings is 2. The Labute approximate surface area is 191 Å². The van der Waals surface area contributed by atoms with Crippen molar-refractivity contribution >= 4 is 23.2 Å². The van der Waals surface area contributed by atoms with Crippen LogP contribution in [0.2, 0.25) is 0 Å². The van der Waals surface area contributed by atoms with Crippen molar-refractivity contribution < 1.29 is 19.1 Å². The lowest BCUT2D eigenvalue weighted by Crippen LogP contribution is -2.12. The van der Waals surface area contributed by atoms with E-state index >= 15 is 0 Å². The largest absolute Gasteiger partial charge is 0.495 e. The Morgan fingerprint density at radius 3 is 1.44 bits per heavy atom. The van der Waals surface area contributed by atoms with Crippen LogP contribution in [0, 0.1) is 0 Å². The summed E-state index contributed by atoms with van der Waals surface area (Å²) in [6.45, 7) is 4.23. The van der Waals surface area contributed by atoms with Crippen molar-refractivity contribution in [2.45, 2.75) is 65.2 Å². The van der Waals surface area contributed by atoms with Crippen molar-refractivity contribution in [3.8, 4) is 22.6 Å². The number of hydrogen-bond acceptors (Lipinski definition) is 4. The standard InChI is InChI=1S/C26H36N2O4/c1-5-7-9-11-25(29)27-21-15-13-19(17-23(21)31-3)20-14-16-22(24(18-20)32-4)28-26(30)12-10-8-6-2/h13-18H,5-12H2,1-4H3,(H,27,29)(H,28,30). The maximum atomic E-state index is 12.2. The van der Waals surface area contributed by atoms with E-state index in [1.807, 2.05) is 36.4 Å². The Bertz CT molecular complexity index is 822. The monoisotopic (exact) mass is 440 g/mol. The third kappa shape index (κ3) is 7.59. The van der Waals surface area contributed by atoms with Crippen LogP contribution in [0.5, 0.6) is 11.5 Å². The Kier molecular flexibility index (Phi) is 10.6. The molecule has 0 unspecified atom stereocenters. The van der Waals surface area contributed by atoms with Crippen molar-refractivity contribution in [2.75, 3.05) is 24.9 Å². The van der Waals surface area contributed by atoms with E-state index in [1.165, 1.54) is 0 Å². The molecule has 2 aromatic carbocycles. The zero-order chi connectivity index (χ0) is 23.3. The van der Waals surface area contributed by atoms with Crippen molar-refractivity contribution in [1.82, 2.24) is 0 Å². The number of rotatable bonds is 13. The fourth-order valence-electron chi connectivity index (χ4n) is 3.44. The van der Waals surface area contributed by atoms with Gasteiger partial charge in [-0.25, -0.2) is 0 Å². The van der Waals surface area contributed by atoms with E-state index in [9.17, 15) is 9.59 Å². The summed E-state index contributed by atoms with van der Waals surface area (Å²) >= 11 is 0. The van der Waals surface area contributed by atoms with Gasteiger partial charge >= 0.3 is 0 Å². The van der Waals surface area contributed by atoms with E-state index in [0.717, 1.165) is 49.7 Å². The number of nitrogens with one attached hydrogen (secondary N) is 2. The van der Waals surface area contributed by atoms with Crippen LogP contribution in [-0.4, -0.2) is 26.0 Å². The average Bonchev–Trinajstić information content (AvgIpc) is 2.80. The van der Waals surface area contributed by atoms with E-state index in [0.29, 0.717) is 35.7 Å². The summed E-state index contributed by atoms with van der Waals surface area (Å²) in [5.41, 5.74) is 3.15. The molecular weight excluding hydrogens is 404 g/mol. The predicted octanol–water partition coefficient (Wildman–Crippen LogP) is 6.41. The lowest BCUT2D eigenvalue weighted by Gasteiger charge is -2.14. The molecule has 0 bridgehead atoms. The molecule has 0 heterocycles. The normalized spacial score (nSPS) is 10.5. The van der Waals surface area contributed by atoms with Crippen molar-refractivity contribution in [2.24, 2.45) is 0 Å². The van der Waals surface area contributed by atoms with Crippen molar-refractivity contribution in [3.63, 3.8) is 0 Å². The molecular formula is C26H36N2O4. The second kappa shape index (κ2) is 13.4. The summed E-state index contributed by atoms with van der Waals surface area (Å²) in [5.74, 6) is 1.17. The molecule has 0 saturated heterocycles. The van der Waals surface area contributed by atoms with E-state index in [1.54, 1.807) is 14.2 Å². The number of unbranched alkanes of at least 4 members (excludes halogenated alkanes) is 4.